The van der Waals surface area contributed by atoms with Gasteiger partial charge >= 0.3 is 17.9 Å². The van der Waals surface area contributed by atoms with E-state index < -0.39 is 6.10 Å². The summed E-state index contributed by atoms with van der Waals surface area (Å²) in [5.74, 6) is -0.896. The Morgan fingerprint density at radius 2 is 0.545 bits per heavy atom. The maximum absolute atomic E-state index is 12.8. The largest absolute Gasteiger partial charge is 0.462 e. The molecule has 66 heavy (non-hydrogen) atoms. The lowest BCUT2D eigenvalue weighted by molar-refractivity contribution is -0.167. The van der Waals surface area contributed by atoms with Gasteiger partial charge in [-0.1, -0.05) is 262 Å². The van der Waals surface area contributed by atoms with Crippen LogP contribution in [0.25, 0.3) is 0 Å². The molecule has 384 valence electrons. The SMILES string of the molecule is CCCCC/C=C\C/C=C\C/C=C\C/C=C\CCCCCC(=O)OC[C@H](COC(=O)CCCCCCCCCCCCCC)OC(=O)CCCCCCCCCCCCCCCCCCC. The van der Waals surface area contributed by atoms with E-state index in [1.165, 1.54) is 173 Å². The third-order valence-electron chi connectivity index (χ3n) is 12.6. The lowest BCUT2D eigenvalue weighted by Crippen LogP contribution is -2.30. The lowest BCUT2D eigenvalue weighted by Gasteiger charge is -2.18. The summed E-state index contributed by atoms with van der Waals surface area (Å²) in [4.78, 5) is 38.1. The predicted molar refractivity (Wildman–Crippen MR) is 284 cm³/mol. The van der Waals surface area contributed by atoms with Crippen molar-refractivity contribution in [2.75, 3.05) is 13.2 Å². The van der Waals surface area contributed by atoms with Crippen LogP contribution in [-0.4, -0.2) is 37.2 Å². The summed E-state index contributed by atoms with van der Waals surface area (Å²) in [5.41, 5.74) is 0. The molecule has 1 atom stereocenters. The molecule has 0 fully saturated rings. The minimum absolute atomic E-state index is 0.0791. The highest BCUT2D eigenvalue weighted by atomic mass is 16.6. The minimum atomic E-state index is -0.782. The van der Waals surface area contributed by atoms with E-state index in [0.717, 1.165) is 83.5 Å². The monoisotopic (exact) mass is 925 g/mol. The van der Waals surface area contributed by atoms with Gasteiger partial charge in [0.2, 0.25) is 0 Å². The second kappa shape index (κ2) is 55.0. The lowest BCUT2D eigenvalue weighted by atomic mass is 10.0. The Morgan fingerprint density at radius 3 is 0.879 bits per heavy atom. The number of allylic oxidation sites excluding steroid dienone is 8. The average Bonchev–Trinajstić information content (AvgIpc) is 3.31. The van der Waals surface area contributed by atoms with Gasteiger partial charge in [0.05, 0.1) is 0 Å². The van der Waals surface area contributed by atoms with Crippen LogP contribution >= 0.6 is 0 Å². The molecule has 6 nitrogen and oxygen atoms in total. The standard InChI is InChI=1S/C60H108O6/c1-4-7-10-13-16-19-22-25-27-29-30-32-33-35-38-41-44-47-50-53-59(62)65-56-57(55-64-58(61)52-49-46-43-40-37-24-21-18-15-12-9-6-3)66-60(63)54-51-48-45-42-39-36-34-31-28-26-23-20-17-14-11-8-5-2/h16,19,25,27,30,32,35,38,57H,4-15,17-18,20-24,26,28-29,31,33-34,36-37,39-56H2,1-3H3/b19-16-,27-25-,32-30-,38-35-/t57-/m0/s1. The van der Waals surface area contributed by atoms with E-state index in [-0.39, 0.29) is 31.1 Å². The zero-order valence-corrected chi connectivity index (χ0v) is 44.0. The Bertz CT molecular complexity index is 1150. The van der Waals surface area contributed by atoms with E-state index in [4.69, 9.17) is 14.2 Å². The summed E-state index contributed by atoms with van der Waals surface area (Å²) in [7, 11) is 0. The van der Waals surface area contributed by atoms with Gasteiger partial charge in [-0.3, -0.25) is 14.4 Å². The quantitative estimate of drug-likeness (QED) is 0.0262. The van der Waals surface area contributed by atoms with Crippen molar-refractivity contribution in [3.05, 3.63) is 48.6 Å². The molecular weight excluding hydrogens is 817 g/mol. The Kier molecular flexibility index (Phi) is 52.8. The van der Waals surface area contributed by atoms with Crippen molar-refractivity contribution in [2.45, 2.75) is 303 Å². The van der Waals surface area contributed by atoms with Gasteiger partial charge < -0.3 is 14.2 Å². The third-order valence-corrected chi connectivity index (χ3v) is 12.6. The van der Waals surface area contributed by atoms with Gasteiger partial charge in [0.1, 0.15) is 13.2 Å². The Balaban J connectivity index is 4.38. The van der Waals surface area contributed by atoms with Crippen LogP contribution < -0.4 is 0 Å². The second-order valence-electron chi connectivity index (χ2n) is 19.2. The fourth-order valence-corrected chi connectivity index (χ4v) is 8.25. The van der Waals surface area contributed by atoms with Gasteiger partial charge in [-0.25, -0.2) is 0 Å². The topological polar surface area (TPSA) is 78.9 Å². The number of carbonyl (C=O) groups excluding carboxylic acids is 3. The summed E-state index contributed by atoms with van der Waals surface area (Å²) >= 11 is 0. The van der Waals surface area contributed by atoms with E-state index in [0.29, 0.717) is 19.3 Å². The number of ether oxygens (including phenoxy) is 3. The second-order valence-corrected chi connectivity index (χ2v) is 19.2. The van der Waals surface area contributed by atoms with Gasteiger partial charge in [0.15, 0.2) is 6.10 Å². The van der Waals surface area contributed by atoms with Crippen molar-refractivity contribution in [2.24, 2.45) is 0 Å². The van der Waals surface area contributed by atoms with Gasteiger partial charge in [-0.05, 0) is 64.2 Å². The van der Waals surface area contributed by atoms with Gasteiger partial charge in [-0.15, -0.1) is 0 Å². The number of esters is 3. The fourth-order valence-electron chi connectivity index (χ4n) is 8.25. The van der Waals surface area contributed by atoms with Crippen LogP contribution in [-0.2, 0) is 28.6 Å². The molecule has 0 saturated carbocycles. The summed E-state index contributed by atoms with van der Waals surface area (Å²) in [6, 6.07) is 0. The summed E-state index contributed by atoms with van der Waals surface area (Å²) < 4.78 is 16.8. The van der Waals surface area contributed by atoms with E-state index in [9.17, 15) is 14.4 Å². The van der Waals surface area contributed by atoms with Crippen LogP contribution in [0.2, 0.25) is 0 Å². The van der Waals surface area contributed by atoms with Crippen LogP contribution in [0.4, 0.5) is 0 Å². The molecule has 0 unspecified atom stereocenters. The number of hydrogen-bond donors (Lipinski definition) is 0. The highest BCUT2D eigenvalue weighted by Crippen LogP contribution is 2.16. The van der Waals surface area contributed by atoms with E-state index in [2.05, 4.69) is 69.4 Å². The first-order valence-electron chi connectivity index (χ1n) is 28.6. The van der Waals surface area contributed by atoms with E-state index in [1.54, 1.807) is 0 Å². The number of carbonyl (C=O) groups is 3. The Labute approximate surface area is 409 Å². The Morgan fingerprint density at radius 1 is 0.303 bits per heavy atom. The first-order chi connectivity index (χ1) is 32.5. The maximum atomic E-state index is 12.8. The number of rotatable bonds is 52. The first-order valence-corrected chi connectivity index (χ1v) is 28.6. The zero-order valence-electron chi connectivity index (χ0n) is 44.0. The molecule has 0 aliphatic rings. The molecule has 0 aliphatic carbocycles. The van der Waals surface area contributed by atoms with Gasteiger partial charge in [-0.2, -0.15) is 0 Å². The minimum Gasteiger partial charge on any atom is -0.462 e. The van der Waals surface area contributed by atoms with Crippen LogP contribution in [0.3, 0.4) is 0 Å². The molecule has 0 amide bonds. The molecule has 6 heteroatoms. The van der Waals surface area contributed by atoms with Crippen LogP contribution in [0, 0.1) is 0 Å². The first kappa shape index (κ1) is 63.4. The third kappa shape index (κ3) is 52.3. The zero-order chi connectivity index (χ0) is 47.9. The van der Waals surface area contributed by atoms with Crippen molar-refractivity contribution in [3.63, 3.8) is 0 Å². The van der Waals surface area contributed by atoms with Crippen LogP contribution in [0.1, 0.15) is 297 Å². The molecule has 0 N–H and O–H groups in total. The summed E-state index contributed by atoms with van der Waals surface area (Å²) in [6.45, 7) is 6.62. The summed E-state index contributed by atoms with van der Waals surface area (Å²) in [6.07, 6.45) is 66.7. The average molecular weight is 926 g/mol. The van der Waals surface area contributed by atoms with Crippen LogP contribution in [0.5, 0.6) is 0 Å². The van der Waals surface area contributed by atoms with Crippen molar-refractivity contribution < 1.29 is 28.6 Å². The van der Waals surface area contributed by atoms with Crippen molar-refractivity contribution in [1.82, 2.24) is 0 Å². The van der Waals surface area contributed by atoms with E-state index >= 15 is 0 Å². The molecule has 0 aromatic rings. The van der Waals surface area contributed by atoms with E-state index in [1.807, 2.05) is 0 Å². The summed E-state index contributed by atoms with van der Waals surface area (Å²) in [5, 5.41) is 0. The molecular formula is C60H108O6. The Hall–Kier alpha value is -2.63. The van der Waals surface area contributed by atoms with Crippen molar-refractivity contribution in [3.8, 4) is 0 Å². The molecule has 0 bridgehead atoms. The molecule has 0 aromatic carbocycles. The smallest absolute Gasteiger partial charge is 0.306 e. The van der Waals surface area contributed by atoms with Crippen molar-refractivity contribution >= 4 is 17.9 Å². The molecule has 0 aliphatic heterocycles. The molecule has 0 rings (SSSR count). The molecule has 0 spiro atoms. The predicted octanol–water partition coefficient (Wildman–Crippen LogP) is 19.0. The molecule has 0 aromatic heterocycles. The van der Waals surface area contributed by atoms with Crippen molar-refractivity contribution in [1.29, 1.82) is 0 Å². The number of hydrogen-bond acceptors (Lipinski definition) is 6. The van der Waals surface area contributed by atoms with Gasteiger partial charge in [0, 0.05) is 19.3 Å². The van der Waals surface area contributed by atoms with Crippen LogP contribution in [0.15, 0.2) is 48.6 Å². The molecule has 0 radical (unpaired) electrons. The molecule has 0 saturated heterocycles. The highest BCUT2D eigenvalue weighted by Gasteiger charge is 2.19. The maximum Gasteiger partial charge on any atom is 0.306 e. The number of unbranched alkanes of at least 4 members (excludes halogenated alkanes) is 33. The fraction of sp³-hybridized carbons (Fsp3) is 0.817. The molecule has 0 heterocycles. The highest BCUT2D eigenvalue weighted by molar-refractivity contribution is 5.71. The normalized spacial score (nSPS) is 12.3. The van der Waals surface area contributed by atoms with Gasteiger partial charge in [0.25, 0.3) is 0 Å².